The molecule has 9 heteroatoms. The summed E-state index contributed by atoms with van der Waals surface area (Å²) in [5.41, 5.74) is 0.183. The van der Waals surface area contributed by atoms with Crippen molar-refractivity contribution in [1.29, 1.82) is 0 Å². The first kappa shape index (κ1) is 31.9. The maximum absolute atomic E-state index is 14.9. The SMILES string of the molecule is C=CCOc1cc(/C(=N/P(=O)(c2ccccc2)c2ccccc2)C(=O)OCC)c(O[Si](C)(C)C(C)(C)C)cc1OC. The summed E-state index contributed by atoms with van der Waals surface area (Å²) in [6.07, 6.45) is 1.61. The van der Waals surface area contributed by atoms with Gasteiger partial charge in [-0.05, 0) is 55.4 Å². The first-order chi connectivity index (χ1) is 19.4. The van der Waals surface area contributed by atoms with Gasteiger partial charge in [0.1, 0.15) is 12.4 Å². The molecular weight excluding hydrogens is 553 g/mol. The second kappa shape index (κ2) is 13.4. The van der Waals surface area contributed by atoms with Crippen molar-refractivity contribution in [3.63, 3.8) is 0 Å². The fourth-order valence-electron chi connectivity index (χ4n) is 3.73. The van der Waals surface area contributed by atoms with Crippen LogP contribution in [0, 0.1) is 0 Å². The van der Waals surface area contributed by atoms with Crippen molar-refractivity contribution in [1.82, 2.24) is 0 Å². The Morgan fingerprint density at radius 2 is 1.51 bits per heavy atom. The fourth-order valence-corrected chi connectivity index (χ4v) is 6.91. The van der Waals surface area contributed by atoms with Crippen molar-refractivity contribution in [3.05, 3.63) is 91.0 Å². The summed E-state index contributed by atoms with van der Waals surface area (Å²) in [7, 11) is -4.62. The van der Waals surface area contributed by atoms with E-state index in [1.807, 2.05) is 12.1 Å². The average Bonchev–Trinajstić information content (AvgIpc) is 2.95. The molecule has 0 aromatic heterocycles. The smallest absolute Gasteiger partial charge is 0.357 e. The lowest BCUT2D eigenvalue weighted by Gasteiger charge is -2.37. The van der Waals surface area contributed by atoms with Gasteiger partial charge >= 0.3 is 5.97 Å². The van der Waals surface area contributed by atoms with Gasteiger partial charge in [-0.2, -0.15) is 0 Å². The number of ether oxygens (including phenoxy) is 3. The van der Waals surface area contributed by atoms with Gasteiger partial charge in [-0.1, -0.05) is 69.8 Å². The van der Waals surface area contributed by atoms with E-state index < -0.39 is 21.6 Å². The van der Waals surface area contributed by atoms with Crippen LogP contribution in [0.5, 0.6) is 17.2 Å². The van der Waals surface area contributed by atoms with E-state index >= 15 is 0 Å². The quantitative estimate of drug-likeness (QED) is 0.0745. The Balaban J connectivity index is 2.42. The van der Waals surface area contributed by atoms with Crippen LogP contribution in [0.4, 0.5) is 0 Å². The first-order valence-electron chi connectivity index (χ1n) is 13.5. The number of esters is 1. The monoisotopic (exact) mass is 593 g/mol. The zero-order valence-corrected chi connectivity index (χ0v) is 26.9. The van der Waals surface area contributed by atoms with Crippen molar-refractivity contribution < 1.29 is 28.0 Å². The van der Waals surface area contributed by atoms with Gasteiger partial charge in [0.2, 0.25) is 7.29 Å². The van der Waals surface area contributed by atoms with Crippen molar-refractivity contribution in [2.75, 3.05) is 20.3 Å². The largest absolute Gasteiger partial charge is 0.543 e. The summed E-state index contributed by atoms with van der Waals surface area (Å²) in [5.74, 6) is 0.427. The third kappa shape index (κ3) is 7.37. The Labute approximate surface area is 244 Å². The highest BCUT2D eigenvalue weighted by molar-refractivity contribution is 7.77. The van der Waals surface area contributed by atoms with E-state index in [0.717, 1.165) is 0 Å². The molecule has 0 fully saturated rings. The van der Waals surface area contributed by atoms with Gasteiger partial charge in [0, 0.05) is 16.7 Å². The Bertz CT molecular complexity index is 1390. The zero-order valence-electron chi connectivity index (χ0n) is 25.0. The maximum Gasteiger partial charge on any atom is 0.357 e. The second-order valence-corrected chi connectivity index (χ2v) is 18.0. The lowest BCUT2D eigenvalue weighted by Crippen LogP contribution is -2.44. The minimum atomic E-state index is -3.73. The molecule has 0 heterocycles. The molecule has 0 radical (unpaired) electrons. The van der Waals surface area contributed by atoms with Crippen molar-refractivity contribution in [3.8, 4) is 17.2 Å². The molecular formula is C32H40NO6PSi. The molecule has 0 N–H and O–H groups in total. The minimum Gasteiger partial charge on any atom is -0.543 e. The molecule has 0 aliphatic heterocycles. The highest BCUT2D eigenvalue weighted by atomic mass is 31.2. The average molecular weight is 594 g/mol. The second-order valence-electron chi connectivity index (χ2n) is 10.9. The van der Waals surface area contributed by atoms with Crippen LogP contribution in [-0.2, 0) is 14.1 Å². The molecule has 7 nitrogen and oxygen atoms in total. The van der Waals surface area contributed by atoms with Crippen molar-refractivity contribution in [2.45, 2.75) is 45.8 Å². The van der Waals surface area contributed by atoms with Crippen LogP contribution in [0.25, 0.3) is 0 Å². The third-order valence-corrected chi connectivity index (χ3v) is 13.8. The highest BCUT2D eigenvalue weighted by Gasteiger charge is 2.40. The van der Waals surface area contributed by atoms with E-state index in [4.69, 9.17) is 23.4 Å². The van der Waals surface area contributed by atoms with Gasteiger partial charge in [-0.25, -0.2) is 9.56 Å². The van der Waals surface area contributed by atoms with Crippen LogP contribution in [0.15, 0.2) is 90.2 Å². The Morgan fingerprint density at radius 3 is 1.98 bits per heavy atom. The molecule has 0 aliphatic rings. The summed E-state index contributed by atoms with van der Waals surface area (Å²) in [4.78, 5) is 13.7. The van der Waals surface area contributed by atoms with Gasteiger partial charge < -0.3 is 18.6 Å². The van der Waals surface area contributed by atoms with Crippen LogP contribution in [0.2, 0.25) is 18.1 Å². The lowest BCUT2D eigenvalue weighted by atomic mass is 10.1. The Morgan fingerprint density at radius 1 is 0.951 bits per heavy atom. The molecule has 0 aliphatic carbocycles. The molecule has 0 saturated heterocycles. The summed E-state index contributed by atoms with van der Waals surface area (Å²) < 4.78 is 43.5. The predicted octanol–water partition coefficient (Wildman–Crippen LogP) is 6.93. The normalized spacial score (nSPS) is 12.4. The number of nitrogens with zero attached hydrogens (tertiary/aromatic N) is 1. The molecule has 218 valence electrons. The van der Waals surface area contributed by atoms with Gasteiger partial charge in [-0.3, -0.25) is 4.57 Å². The summed E-state index contributed by atoms with van der Waals surface area (Å²) in [6, 6.07) is 21.2. The maximum atomic E-state index is 14.9. The Kier molecular flexibility index (Phi) is 10.4. The number of hydrogen-bond acceptors (Lipinski definition) is 6. The number of benzene rings is 3. The highest BCUT2D eigenvalue weighted by Crippen LogP contribution is 2.47. The van der Waals surface area contributed by atoms with E-state index in [9.17, 15) is 9.36 Å². The molecule has 0 saturated carbocycles. The molecule has 41 heavy (non-hydrogen) atoms. The van der Waals surface area contributed by atoms with E-state index in [1.165, 1.54) is 7.11 Å². The van der Waals surface area contributed by atoms with Crippen molar-refractivity contribution >= 4 is 37.9 Å². The minimum absolute atomic E-state index is 0.104. The fraction of sp³-hybridized carbons (Fsp3) is 0.312. The summed E-state index contributed by atoms with van der Waals surface area (Å²) in [5, 5.41) is 0.813. The zero-order chi connectivity index (χ0) is 30.3. The number of hydrogen-bond donors (Lipinski definition) is 0. The van der Waals surface area contributed by atoms with Gasteiger partial charge in [0.15, 0.2) is 17.2 Å². The number of carbonyl (C=O) groups is 1. The Hall–Kier alpha value is -3.61. The van der Waals surface area contributed by atoms with Crippen LogP contribution in [0.1, 0.15) is 33.3 Å². The molecule has 0 amide bonds. The third-order valence-electron chi connectivity index (χ3n) is 6.97. The molecule has 0 atom stereocenters. The van der Waals surface area contributed by atoms with E-state index in [1.54, 1.807) is 73.7 Å². The van der Waals surface area contributed by atoms with Crippen LogP contribution in [0.3, 0.4) is 0 Å². The molecule has 3 aromatic carbocycles. The predicted molar refractivity (Wildman–Crippen MR) is 169 cm³/mol. The summed E-state index contributed by atoms with van der Waals surface area (Å²) >= 11 is 0. The molecule has 0 spiro atoms. The van der Waals surface area contributed by atoms with Gasteiger partial charge in [0.05, 0.1) is 19.3 Å². The number of rotatable bonds is 12. The number of carbonyl (C=O) groups excluding carboxylic acids is 1. The van der Waals surface area contributed by atoms with E-state index in [0.29, 0.717) is 33.4 Å². The molecule has 0 bridgehead atoms. The van der Waals surface area contributed by atoms with Gasteiger partial charge in [0.25, 0.3) is 8.32 Å². The van der Waals surface area contributed by atoms with Crippen LogP contribution < -0.4 is 24.5 Å². The number of methoxy groups -OCH3 is 1. The van der Waals surface area contributed by atoms with E-state index in [-0.39, 0.29) is 24.0 Å². The van der Waals surface area contributed by atoms with Crippen LogP contribution in [-0.4, -0.2) is 40.3 Å². The standard InChI is InChI=1S/C32H40NO6PSi/c1-9-21-38-29-22-26(27(23-28(29)36-6)39-41(7,8)32(3,4)5)30(31(34)37-10-2)33-40(35,24-17-13-11-14-18-24)25-19-15-12-16-20-25/h9,11-20,22-23H,1,10,21H2,2-8H3/b33-30-. The van der Waals surface area contributed by atoms with Gasteiger partial charge in [-0.15, -0.1) is 0 Å². The summed E-state index contributed by atoms with van der Waals surface area (Å²) in [6.45, 7) is 16.3. The first-order valence-corrected chi connectivity index (χ1v) is 18.1. The van der Waals surface area contributed by atoms with Crippen LogP contribution >= 0.6 is 7.29 Å². The molecule has 0 unspecified atom stereocenters. The van der Waals surface area contributed by atoms with Crippen molar-refractivity contribution in [2.24, 2.45) is 4.76 Å². The topological polar surface area (TPSA) is 83.4 Å². The lowest BCUT2D eigenvalue weighted by molar-refractivity contribution is -0.134. The van der Waals surface area contributed by atoms with E-state index in [2.05, 4.69) is 40.4 Å². The molecule has 3 aromatic rings. The molecule has 3 rings (SSSR count).